The number of hydrogen-bond donors (Lipinski definition) is 4. The molecule has 0 saturated carbocycles. The van der Waals surface area contributed by atoms with Crippen molar-refractivity contribution in [3.05, 3.63) is 23.8 Å². The second kappa shape index (κ2) is 4.30. The zero-order valence-corrected chi connectivity index (χ0v) is 8.14. The van der Waals surface area contributed by atoms with Crippen LogP contribution in [0.15, 0.2) is 18.2 Å². The van der Waals surface area contributed by atoms with Crippen LogP contribution >= 0.6 is 0 Å². The molecule has 0 saturated heterocycles. The van der Waals surface area contributed by atoms with Gasteiger partial charge in [-0.05, 0) is 24.1 Å². The maximum atomic E-state index is 9.24. The van der Waals surface area contributed by atoms with Crippen molar-refractivity contribution < 1.29 is 10.2 Å². The molecule has 78 valence electrons. The van der Waals surface area contributed by atoms with Crippen LogP contribution in [-0.4, -0.2) is 16.3 Å². The van der Waals surface area contributed by atoms with Gasteiger partial charge in [0.05, 0.1) is 0 Å². The summed E-state index contributed by atoms with van der Waals surface area (Å²) in [6, 6.07) is 3.75. The van der Waals surface area contributed by atoms with Crippen molar-refractivity contribution in [1.82, 2.24) is 0 Å². The summed E-state index contributed by atoms with van der Waals surface area (Å²) in [4.78, 5) is 0. The van der Waals surface area contributed by atoms with E-state index in [9.17, 15) is 10.2 Å². The second-order valence-electron chi connectivity index (χ2n) is 3.38. The molecule has 1 rings (SSSR count). The first-order valence-electron chi connectivity index (χ1n) is 4.58. The van der Waals surface area contributed by atoms with E-state index in [-0.39, 0.29) is 23.6 Å². The van der Waals surface area contributed by atoms with E-state index in [0.717, 1.165) is 6.42 Å². The molecular weight excluding hydrogens is 180 g/mol. The van der Waals surface area contributed by atoms with Gasteiger partial charge in [0.25, 0.3) is 0 Å². The lowest BCUT2D eigenvalue weighted by Crippen LogP contribution is -2.33. The van der Waals surface area contributed by atoms with E-state index in [1.165, 1.54) is 18.2 Å². The van der Waals surface area contributed by atoms with Gasteiger partial charge in [0, 0.05) is 18.2 Å². The lowest BCUT2D eigenvalue weighted by atomic mass is 9.99. The van der Waals surface area contributed by atoms with Crippen LogP contribution in [0.4, 0.5) is 0 Å². The first kappa shape index (κ1) is 10.8. The highest BCUT2D eigenvalue weighted by Crippen LogP contribution is 2.25. The van der Waals surface area contributed by atoms with Crippen LogP contribution in [0.3, 0.4) is 0 Å². The van der Waals surface area contributed by atoms with Crippen molar-refractivity contribution in [3.63, 3.8) is 0 Å². The fraction of sp³-hybridized carbons (Fsp3) is 0.400. The summed E-state index contributed by atoms with van der Waals surface area (Å²) in [6.45, 7) is 1.94. The highest BCUT2D eigenvalue weighted by atomic mass is 16.3. The van der Waals surface area contributed by atoms with E-state index in [1.807, 2.05) is 6.92 Å². The number of nitrogens with two attached hydrogens (primary N) is 2. The van der Waals surface area contributed by atoms with E-state index < -0.39 is 0 Å². The van der Waals surface area contributed by atoms with Gasteiger partial charge in [-0.1, -0.05) is 6.92 Å². The molecule has 2 atom stereocenters. The first-order valence-corrected chi connectivity index (χ1v) is 4.58. The molecule has 0 aromatic heterocycles. The SMILES string of the molecule is CCC(N)C(N)c1cc(O)cc(O)c1. The van der Waals surface area contributed by atoms with Gasteiger partial charge in [-0.15, -0.1) is 0 Å². The standard InChI is InChI=1S/C10H16N2O2/c1-2-9(11)10(12)6-3-7(13)5-8(14)4-6/h3-5,9-10,13-14H,2,11-12H2,1H3. The molecule has 0 fully saturated rings. The Labute approximate surface area is 83.2 Å². The van der Waals surface area contributed by atoms with Gasteiger partial charge in [0.15, 0.2) is 0 Å². The summed E-state index contributed by atoms with van der Waals surface area (Å²) in [7, 11) is 0. The molecule has 0 aliphatic rings. The largest absolute Gasteiger partial charge is 0.508 e. The molecule has 0 heterocycles. The third-order valence-corrected chi connectivity index (χ3v) is 2.24. The molecule has 2 unspecified atom stereocenters. The van der Waals surface area contributed by atoms with Crippen LogP contribution in [0, 0.1) is 0 Å². The van der Waals surface area contributed by atoms with E-state index in [1.54, 1.807) is 0 Å². The van der Waals surface area contributed by atoms with Crippen molar-refractivity contribution in [2.45, 2.75) is 25.4 Å². The minimum absolute atomic E-state index is 0.00115. The molecule has 4 nitrogen and oxygen atoms in total. The van der Waals surface area contributed by atoms with E-state index in [0.29, 0.717) is 5.56 Å². The summed E-state index contributed by atoms with van der Waals surface area (Å²) in [6.07, 6.45) is 0.748. The van der Waals surface area contributed by atoms with Gasteiger partial charge in [0.2, 0.25) is 0 Å². The number of aromatic hydroxyl groups is 2. The molecule has 0 aliphatic carbocycles. The Kier molecular flexibility index (Phi) is 3.33. The molecule has 1 aromatic carbocycles. The lowest BCUT2D eigenvalue weighted by Gasteiger charge is -2.18. The summed E-state index contributed by atoms with van der Waals surface area (Å²) in [5, 5.41) is 18.5. The number of benzene rings is 1. The fourth-order valence-electron chi connectivity index (χ4n) is 1.31. The zero-order valence-electron chi connectivity index (χ0n) is 8.14. The minimum atomic E-state index is -0.363. The molecule has 6 N–H and O–H groups in total. The predicted octanol–water partition coefficient (Wildman–Crippen LogP) is 0.835. The van der Waals surface area contributed by atoms with Crippen LogP contribution in [0.2, 0.25) is 0 Å². The van der Waals surface area contributed by atoms with Crippen molar-refractivity contribution >= 4 is 0 Å². The van der Waals surface area contributed by atoms with Crippen LogP contribution < -0.4 is 11.5 Å². The van der Waals surface area contributed by atoms with Crippen LogP contribution in [0.25, 0.3) is 0 Å². The van der Waals surface area contributed by atoms with Crippen molar-refractivity contribution in [3.8, 4) is 11.5 Å². The van der Waals surface area contributed by atoms with Gasteiger partial charge in [-0.25, -0.2) is 0 Å². The number of rotatable bonds is 3. The third-order valence-electron chi connectivity index (χ3n) is 2.24. The fourth-order valence-corrected chi connectivity index (χ4v) is 1.31. The average Bonchev–Trinajstić information content (AvgIpc) is 2.14. The van der Waals surface area contributed by atoms with Gasteiger partial charge >= 0.3 is 0 Å². The molecule has 0 radical (unpaired) electrons. The predicted molar refractivity (Wildman–Crippen MR) is 55.0 cm³/mol. The first-order chi connectivity index (χ1) is 6.54. The minimum Gasteiger partial charge on any atom is -0.508 e. The molecule has 0 aliphatic heterocycles. The summed E-state index contributed by atoms with van der Waals surface area (Å²) < 4.78 is 0. The number of phenolic OH excluding ortho intramolecular Hbond substituents is 2. The average molecular weight is 196 g/mol. The van der Waals surface area contributed by atoms with Gasteiger partial charge in [-0.2, -0.15) is 0 Å². The Bertz CT molecular complexity index is 295. The Morgan fingerprint density at radius 1 is 1.14 bits per heavy atom. The van der Waals surface area contributed by atoms with Gasteiger partial charge in [-0.3, -0.25) is 0 Å². The Balaban J connectivity index is 2.94. The topological polar surface area (TPSA) is 92.5 Å². The Morgan fingerprint density at radius 2 is 1.64 bits per heavy atom. The molecule has 1 aromatic rings. The van der Waals surface area contributed by atoms with Crippen molar-refractivity contribution in [2.75, 3.05) is 0 Å². The molecule has 0 spiro atoms. The van der Waals surface area contributed by atoms with E-state index >= 15 is 0 Å². The van der Waals surface area contributed by atoms with Crippen LogP contribution in [-0.2, 0) is 0 Å². The number of hydrogen-bond acceptors (Lipinski definition) is 4. The maximum Gasteiger partial charge on any atom is 0.119 e. The normalized spacial score (nSPS) is 15.1. The smallest absolute Gasteiger partial charge is 0.119 e. The van der Waals surface area contributed by atoms with Gasteiger partial charge < -0.3 is 21.7 Å². The molecule has 14 heavy (non-hydrogen) atoms. The zero-order chi connectivity index (χ0) is 10.7. The van der Waals surface area contributed by atoms with Gasteiger partial charge in [0.1, 0.15) is 11.5 Å². The van der Waals surface area contributed by atoms with Crippen molar-refractivity contribution in [2.24, 2.45) is 11.5 Å². The van der Waals surface area contributed by atoms with E-state index in [4.69, 9.17) is 11.5 Å². The Morgan fingerprint density at radius 3 is 2.07 bits per heavy atom. The quantitative estimate of drug-likeness (QED) is 0.576. The molecule has 4 heteroatoms. The highest BCUT2D eigenvalue weighted by Gasteiger charge is 2.14. The molecular formula is C10H16N2O2. The summed E-state index contributed by atoms with van der Waals surface area (Å²) in [5.74, 6) is -0.00231. The van der Waals surface area contributed by atoms with Crippen LogP contribution in [0.1, 0.15) is 24.9 Å². The molecule has 0 amide bonds. The monoisotopic (exact) mass is 196 g/mol. The Hall–Kier alpha value is -1.26. The second-order valence-corrected chi connectivity index (χ2v) is 3.38. The van der Waals surface area contributed by atoms with Crippen LogP contribution in [0.5, 0.6) is 11.5 Å². The lowest BCUT2D eigenvalue weighted by molar-refractivity contribution is 0.445. The number of phenols is 2. The highest BCUT2D eigenvalue weighted by molar-refractivity contribution is 5.38. The maximum absolute atomic E-state index is 9.24. The molecule has 0 bridgehead atoms. The summed E-state index contributed by atoms with van der Waals surface area (Å²) >= 11 is 0. The third kappa shape index (κ3) is 2.37. The summed E-state index contributed by atoms with van der Waals surface area (Å²) in [5.41, 5.74) is 12.2. The van der Waals surface area contributed by atoms with E-state index in [2.05, 4.69) is 0 Å². The van der Waals surface area contributed by atoms with Crippen molar-refractivity contribution in [1.29, 1.82) is 0 Å².